The second kappa shape index (κ2) is 5.73. The number of para-hydroxylation sites is 1. The van der Waals surface area contributed by atoms with Gasteiger partial charge in [0.25, 0.3) is 11.1 Å². The highest BCUT2D eigenvalue weighted by Gasteiger charge is 2.30. The maximum Gasteiger partial charge on any atom is 0.273 e. The Morgan fingerprint density at radius 2 is 1.76 bits per heavy atom. The van der Waals surface area contributed by atoms with Crippen molar-refractivity contribution in [2.24, 2.45) is 0 Å². The molecule has 1 aromatic heterocycles. The highest BCUT2D eigenvalue weighted by Crippen LogP contribution is 2.31. The van der Waals surface area contributed by atoms with Crippen molar-refractivity contribution in [3.63, 3.8) is 0 Å². The van der Waals surface area contributed by atoms with Gasteiger partial charge in [-0.2, -0.15) is 0 Å². The first kappa shape index (κ1) is 15.4. The molecule has 0 aliphatic carbocycles. The molecule has 3 aromatic rings. The van der Waals surface area contributed by atoms with Crippen molar-refractivity contribution in [2.45, 2.75) is 25.9 Å². The lowest BCUT2D eigenvalue weighted by molar-refractivity contribution is -0.119. The molecule has 6 nitrogen and oxygen atoms in total. The van der Waals surface area contributed by atoms with Gasteiger partial charge in [-0.3, -0.25) is 19.5 Å². The largest absolute Gasteiger partial charge is 0.307 e. The quantitative estimate of drug-likeness (QED) is 0.774. The molecule has 4 rings (SSSR count). The van der Waals surface area contributed by atoms with Gasteiger partial charge >= 0.3 is 0 Å². The fourth-order valence-electron chi connectivity index (χ4n) is 3.51. The van der Waals surface area contributed by atoms with Gasteiger partial charge in [-0.1, -0.05) is 30.3 Å². The molecular formula is C19H17N3O3. The smallest absolute Gasteiger partial charge is 0.273 e. The zero-order valence-electron chi connectivity index (χ0n) is 13.7. The topological polar surface area (TPSA) is 75.2 Å². The van der Waals surface area contributed by atoms with Gasteiger partial charge < -0.3 is 4.90 Å². The van der Waals surface area contributed by atoms with Crippen molar-refractivity contribution >= 4 is 22.4 Å². The second-order valence-corrected chi connectivity index (χ2v) is 6.32. The fraction of sp³-hybridized carbons (Fsp3) is 0.211. The molecule has 0 saturated heterocycles. The molecule has 1 aliphatic rings. The lowest BCUT2D eigenvalue weighted by Crippen LogP contribution is -2.41. The number of fused-ring (bicyclic) bond motifs is 2. The number of benzene rings is 2. The summed E-state index contributed by atoms with van der Waals surface area (Å²) in [5.41, 5.74) is 1.24. The molecule has 1 unspecified atom stereocenters. The number of hydrogen-bond donors (Lipinski definition) is 1. The monoisotopic (exact) mass is 335 g/mol. The minimum absolute atomic E-state index is 0.0211. The number of nitrogens with one attached hydrogen (secondary N) is 1. The van der Waals surface area contributed by atoms with E-state index in [9.17, 15) is 14.4 Å². The summed E-state index contributed by atoms with van der Waals surface area (Å²) in [6.07, 6.45) is 0.783. The minimum atomic E-state index is -0.377. The van der Waals surface area contributed by atoms with Crippen molar-refractivity contribution in [3.8, 4) is 0 Å². The summed E-state index contributed by atoms with van der Waals surface area (Å²) in [6, 6.07) is 14.4. The standard InChI is InChI=1S/C19H17N3O3/c1-12-10-13-6-2-5-9-16(13)22(12)17(23)11-21-19(25)15-8-4-3-7-14(15)18(24)20-21/h2-9,12H,10-11H2,1H3,(H,20,24). The Morgan fingerprint density at radius 1 is 1.08 bits per heavy atom. The van der Waals surface area contributed by atoms with Crippen LogP contribution in [-0.2, 0) is 17.8 Å². The van der Waals surface area contributed by atoms with Crippen LogP contribution >= 0.6 is 0 Å². The molecule has 1 atom stereocenters. The van der Waals surface area contributed by atoms with Crippen molar-refractivity contribution < 1.29 is 4.79 Å². The predicted molar refractivity (Wildman–Crippen MR) is 95.9 cm³/mol. The van der Waals surface area contributed by atoms with Crippen LogP contribution in [0.25, 0.3) is 10.8 Å². The van der Waals surface area contributed by atoms with E-state index in [1.54, 1.807) is 29.2 Å². The third-order valence-corrected chi connectivity index (χ3v) is 4.65. The van der Waals surface area contributed by atoms with Gasteiger partial charge in [-0.05, 0) is 37.1 Å². The van der Waals surface area contributed by atoms with Crippen LogP contribution in [0.4, 0.5) is 5.69 Å². The molecule has 1 aliphatic heterocycles. The molecule has 0 fully saturated rings. The number of carbonyl (C=O) groups is 1. The summed E-state index contributed by atoms with van der Waals surface area (Å²) in [7, 11) is 0. The van der Waals surface area contributed by atoms with Crippen molar-refractivity contribution in [1.29, 1.82) is 0 Å². The fourth-order valence-corrected chi connectivity index (χ4v) is 3.51. The highest BCUT2D eigenvalue weighted by molar-refractivity contribution is 5.96. The molecule has 2 heterocycles. The molecular weight excluding hydrogens is 318 g/mol. The summed E-state index contributed by atoms with van der Waals surface area (Å²) < 4.78 is 1.10. The Kier molecular flexibility index (Phi) is 3.53. The SMILES string of the molecule is CC1Cc2ccccc2N1C(=O)Cn1[nH]c(=O)c2ccccc2c1=O. The van der Waals surface area contributed by atoms with Crippen LogP contribution in [0.2, 0.25) is 0 Å². The predicted octanol–water partition coefficient (Wildman–Crippen LogP) is 1.67. The Bertz CT molecular complexity index is 1100. The van der Waals surface area contributed by atoms with E-state index in [1.165, 1.54) is 0 Å². The van der Waals surface area contributed by atoms with Gasteiger partial charge in [0.2, 0.25) is 5.91 Å². The van der Waals surface area contributed by atoms with Crippen LogP contribution in [0, 0.1) is 0 Å². The Morgan fingerprint density at radius 3 is 2.56 bits per heavy atom. The summed E-state index contributed by atoms with van der Waals surface area (Å²) in [6.45, 7) is 1.78. The molecule has 0 radical (unpaired) electrons. The van der Waals surface area contributed by atoms with Crippen LogP contribution in [0.15, 0.2) is 58.1 Å². The molecule has 0 spiro atoms. The lowest BCUT2D eigenvalue weighted by Gasteiger charge is -2.23. The lowest BCUT2D eigenvalue weighted by atomic mass is 10.1. The minimum Gasteiger partial charge on any atom is -0.307 e. The Hall–Kier alpha value is -3.15. The van der Waals surface area contributed by atoms with Gasteiger partial charge in [-0.15, -0.1) is 0 Å². The Labute approximate surface area is 143 Å². The van der Waals surface area contributed by atoms with E-state index in [0.29, 0.717) is 10.8 Å². The zero-order chi connectivity index (χ0) is 17.6. The molecule has 2 aromatic carbocycles. The van der Waals surface area contributed by atoms with E-state index in [2.05, 4.69) is 5.10 Å². The highest BCUT2D eigenvalue weighted by atomic mass is 16.2. The van der Waals surface area contributed by atoms with Crippen LogP contribution in [0.1, 0.15) is 12.5 Å². The number of carbonyl (C=O) groups excluding carboxylic acids is 1. The van der Waals surface area contributed by atoms with Crippen LogP contribution in [0.5, 0.6) is 0 Å². The van der Waals surface area contributed by atoms with Gasteiger partial charge in [0.15, 0.2) is 0 Å². The Balaban J connectivity index is 1.73. The first-order chi connectivity index (χ1) is 12.1. The zero-order valence-corrected chi connectivity index (χ0v) is 13.7. The number of rotatable bonds is 2. The summed E-state index contributed by atoms with van der Waals surface area (Å²) in [5, 5.41) is 3.16. The van der Waals surface area contributed by atoms with E-state index in [4.69, 9.17) is 0 Å². The number of hydrogen-bond acceptors (Lipinski definition) is 3. The molecule has 1 N–H and O–H groups in total. The molecule has 0 bridgehead atoms. The third kappa shape index (κ3) is 2.46. The molecule has 126 valence electrons. The van der Waals surface area contributed by atoms with Crippen LogP contribution in [-0.4, -0.2) is 21.7 Å². The number of aromatic amines is 1. The molecule has 0 saturated carbocycles. The van der Waals surface area contributed by atoms with E-state index in [-0.39, 0.29) is 29.6 Å². The first-order valence-electron chi connectivity index (χ1n) is 8.18. The number of nitrogens with zero attached hydrogens (tertiary/aromatic N) is 2. The number of amides is 1. The van der Waals surface area contributed by atoms with Gasteiger partial charge in [0.1, 0.15) is 6.54 Å². The number of H-pyrrole nitrogens is 1. The summed E-state index contributed by atoms with van der Waals surface area (Å²) in [4.78, 5) is 39.3. The van der Waals surface area contributed by atoms with Crippen molar-refractivity contribution in [3.05, 3.63) is 74.8 Å². The van der Waals surface area contributed by atoms with E-state index in [1.807, 2.05) is 31.2 Å². The van der Waals surface area contributed by atoms with E-state index in [0.717, 1.165) is 22.4 Å². The second-order valence-electron chi connectivity index (χ2n) is 6.32. The van der Waals surface area contributed by atoms with E-state index >= 15 is 0 Å². The number of anilines is 1. The molecule has 6 heteroatoms. The maximum atomic E-state index is 12.8. The van der Waals surface area contributed by atoms with Crippen molar-refractivity contribution in [1.82, 2.24) is 9.78 Å². The van der Waals surface area contributed by atoms with Crippen LogP contribution in [0.3, 0.4) is 0 Å². The molecule has 25 heavy (non-hydrogen) atoms. The molecule has 1 amide bonds. The third-order valence-electron chi connectivity index (χ3n) is 4.65. The first-order valence-corrected chi connectivity index (χ1v) is 8.18. The van der Waals surface area contributed by atoms with Crippen LogP contribution < -0.4 is 16.0 Å². The number of aromatic nitrogens is 2. The van der Waals surface area contributed by atoms with Gasteiger partial charge in [-0.25, -0.2) is 4.68 Å². The van der Waals surface area contributed by atoms with Gasteiger partial charge in [0.05, 0.1) is 10.8 Å². The normalized spacial score (nSPS) is 16.2. The summed E-state index contributed by atoms with van der Waals surface area (Å²) in [5.74, 6) is -0.217. The maximum absolute atomic E-state index is 12.8. The average molecular weight is 335 g/mol. The van der Waals surface area contributed by atoms with Crippen molar-refractivity contribution in [2.75, 3.05) is 4.90 Å². The van der Waals surface area contributed by atoms with Gasteiger partial charge in [0, 0.05) is 11.7 Å². The van der Waals surface area contributed by atoms with E-state index < -0.39 is 0 Å². The summed E-state index contributed by atoms with van der Waals surface area (Å²) >= 11 is 0. The average Bonchev–Trinajstić information content (AvgIpc) is 2.95.